The van der Waals surface area contributed by atoms with Crippen LogP contribution in [0.2, 0.25) is 0 Å². The summed E-state index contributed by atoms with van der Waals surface area (Å²) in [4.78, 5) is 22.4. The Bertz CT molecular complexity index is 1910. The number of esters is 1. The van der Waals surface area contributed by atoms with Gasteiger partial charge in [0.1, 0.15) is 41.0 Å². The number of rotatable bonds is 12. The first-order chi connectivity index (χ1) is 23.8. The van der Waals surface area contributed by atoms with Crippen molar-refractivity contribution in [1.82, 2.24) is 0 Å². The number of methoxy groups -OCH3 is 2. The van der Waals surface area contributed by atoms with E-state index in [-0.39, 0.29) is 23.7 Å². The molecule has 0 saturated carbocycles. The largest absolute Gasteiger partial charge is 0.505 e. The maximum atomic E-state index is 11.5. The number of phenolic OH excluding ortho intramolecular Hbond substituents is 2. The number of carboxylic acids is 1. The molecule has 0 atom stereocenters. The van der Waals surface area contributed by atoms with Crippen molar-refractivity contribution in [3.63, 3.8) is 0 Å². The number of phenols is 2. The summed E-state index contributed by atoms with van der Waals surface area (Å²) in [6, 6.07) is 21.1. The highest BCUT2D eigenvalue weighted by atomic mass is 16.5. The maximum Gasteiger partial charge on any atom is 0.333 e. The van der Waals surface area contributed by atoms with Crippen molar-refractivity contribution in [2.24, 2.45) is 20.5 Å². The molecule has 0 fully saturated rings. The fourth-order valence-electron chi connectivity index (χ4n) is 4.22. The number of carboxylic acid groups (broad SMARTS) is 1. The van der Waals surface area contributed by atoms with Crippen molar-refractivity contribution >= 4 is 34.7 Å². The number of carbonyl (C=O) groups excluding carboxylic acids is 1. The topological polar surface area (TPSA) is 172 Å². The van der Waals surface area contributed by atoms with Crippen molar-refractivity contribution in [3.05, 3.63) is 119 Å². The van der Waals surface area contributed by atoms with Gasteiger partial charge in [0, 0.05) is 22.3 Å². The van der Waals surface area contributed by atoms with E-state index in [0.29, 0.717) is 45.9 Å². The van der Waals surface area contributed by atoms with Crippen molar-refractivity contribution < 1.29 is 39.1 Å². The zero-order chi connectivity index (χ0) is 36.8. The van der Waals surface area contributed by atoms with E-state index >= 15 is 0 Å². The van der Waals surface area contributed by atoms with Crippen LogP contribution in [0.4, 0.5) is 22.7 Å². The summed E-state index contributed by atoms with van der Waals surface area (Å²) < 4.78 is 15.3. The third kappa shape index (κ3) is 11.4. The van der Waals surface area contributed by atoms with Crippen LogP contribution < -0.4 is 9.47 Å². The monoisotopic (exact) mass is 680 g/mol. The summed E-state index contributed by atoms with van der Waals surface area (Å²) in [6.07, 6.45) is 1.86. The van der Waals surface area contributed by atoms with Gasteiger partial charge in [-0.15, -0.1) is 10.2 Å². The average Bonchev–Trinajstić information content (AvgIpc) is 3.10. The van der Waals surface area contributed by atoms with E-state index < -0.39 is 11.9 Å². The minimum atomic E-state index is -0.980. The van der Waals surface area contributed by atoms with Crippen LogP contribution in [0.15, 0.2) is 117 Å². The quantitative estimate of drug-likeness (QED) is 0.0754. The van der Waals surface area contributed by atoms with E-state index in [9.17, 15) is 19.8 Å². The number of carbonyl (C=O) groups is 2. The number of allylic oxidation sites excluding steroid dienone is 1. The Morgan fingerprint density at radius 3 is 1.58 bits per heavy atom. The molecule has 0 aliphatic rings. The molecule has 12 nitrogen and oxygen atoms in total. The molecule has 0 aliphatic heterocycles. The molecule has 12 heteroatoms. The normalized spacial score (nSPS) is 11.2. The Morgan fingerprint density at radius 2 is 1.16 bits per heavy atom. The molecule has 0 aliphatic carbocycles. The SMILES string of the molecule is C=C(C)C(=O)OCc1cc(C)cc(N=Nc2ccc(OC)cc2)c1O.COc1ccc(N=Nc2cc(C)cc(CC=C(C)C(=O)O)c2O)cc1. The number of aliphatic carboxylic acids is 1. The summed E-state index contributed by atoms with van der Waals surface area (Å²) in [5.41, 5.74) is 5.24. The van der Waals surface area contributed by atoms with Gasteiger partial charge in [-0.3, -0.25) is 0 Å². The molecule has 0 bridgehead atoms. The number of aryl methyl sites for hydroxylation is 2. The van der Waals surface area contributed by atoms with Gasteiger partial charge in [-0.05, 0) is 112 Å². The first-order valence-electron chi connectivity index (χ1n) is 15.3. The maximum absolute atomic E-state index is 11.5. The second kappa shape index (κ2) is 18.3. The van der Waals surface area contributed by atoms with Crippen LogP contribution in [0.25, 0.3) is 0 Å². The Morgan fingerprint density at radius 1 is 0.720 bits per heavy atom. The number of azo groups is 2. The standard InChI is InChI=1S/2C19H20N2O4/c1-12(2)19(23)25-11-14-9-13(3)10-17(18(14)22)21-20-15-5-7-16(24-4)8-6-15;1-12-10-14(5-4-13(2)19(23)24)18(22)17(11-12)21-20-15-6-8-16(25-3)9-7-15/h5-10,22H,1,11H2,2-4H3;4,6-11,22H,5H2,1-3H3,(H,23,24). The van der Waals surface area contributed by atoms with E-state index in [4.69, 9.17) is 19.3 Å². The molecular formula is C38H40N4O8. The molecule has 50 heavy (non-hydrogen) atoms. The van der Waals surface area contributed by atoms with Crippen LogP contribution in [0.1, 0.15) is 36.1 Å². The highest BCUT2D eigenvalue weighted by Gasteiger charge is 2.12. The van der Waals surface area contributed by atoms with Crippen molar-refractivity contribution in [1.29, 1.82) is 0 Å². The van der Waals surface area contributed by atoms with Crippen LogP contribution in [-0.4, -0.2) is 41.5 Å². The number of benzene rings is 4. The fraction of sp³-hybridized carbons (Fsp3) is 0.211. The van der Waals surface area contributed by atoms with Gasteiger partial charge in [-0.2, -0.15) is 10.2 Å². The lowest BCUT2D eigenvalue weighted by atomic mass is 10.0. The molecule has 4 rings (SSSR count). The lowest BCUT2D eigenvalue weighted by Gasteiger charge is -2.09. The first kappa shape index (κ1) is 38.2. The van der Waals surface area contributed by atoms with Gasteiger partial charge in [0.2, 0.25) is 0 Å². The average molecular weight is 681 g/mol. The molecule has 0 radical (unpaired) electrons. The van der Waals surface area contributed by atoms with Crippen LogP contribution in [0, 0.1) is 13.8 Å². The molecular weight excluding hydrogens is 640 g/mol. The van der Waals surface area contributed by atoms with Crippen LogP contribution >= 0.6 is 0 Å². The Balaban J connectivity index is 0.000000270. The smallest absolute Gasteiger partial charge is 0.333 e. The minimum absolute atomic E-state index is 0.00250. The minimum Gasteiger partial charge on any atom is -0.505 e. The zero-order valence-electron chi connectivity index (χ0n) is 28.8. The van der Waals surface area contributed by atoms with Crippen molar-refractivity contribution in [2.75, 3.05) is 14.2 Å². The van der Waals surface area contributed by atoms with Gasteiger partial charge < -0.3 is 29.5 Å². The molecule has 3 N–H and O–H groups in total. The van der Waals surface area contributed by atoms with E-state index in [1.807, 2.05) is 13.8 Å². The van der Waals surface area contributed by atoms with E-state index in [1.165, 1.54) is 6.92 Å². The lowest BCUT2D eigenvalue weighted by Crippen LogP contribution is -2.05. The second-order valence-corrected chi connectivity index (χ2v) is 11.1. The van der Waals surface area contributed by atoms with Gasteiger partial charge in [0.05, 0.1) is 25.6 Å². The summed E-state index contributed by atoms with van der Waals surface area (Å²) >= 11 is 0. The molecule has 0 heterocycles. The highest BCUT2D eigenvalue weighted by Crippen LogP contribution is 2.35. The van der Waals surface area contributed by atoms with E-state index in [2.05, 4.69) is 27.0 Å². The van der Waals surface area contributed by atoms with Gasteiger partial charge in [0.25, 0.3) is 0 Å². The van der Waals surface area contributed by atoms with Gasteiger partial charge in [-0.1, -0.05) is 18.7 Å². The number of hydrogen-bond acceptors (Lipinski definition) is 11. The third-order valence-electron chi connectivity index (χ3n) is 6.99. The number of ether oxygens (including phenoxy) is 3. The molecule has 0 amide bonds. The number of nitrogens with zero attached hydrogens (tertiary/aromatic N) is 4. The third-order valence-corrected chi connectivity index (χ3v) is 6.99. The predicted octanol–water partition coefficient (Wildman–Crippen LogP) is 9.44. The second-order valence-electron chi connectivity index (χ2n) is 11.1. The molecule has 0 saturated heterocycles. The van der Waals surface area contributed by atoms with Gasteiger partial charge >= 0.3 is 11.9 Å². The lowest BCUT2D eigenvalue weighted by molar-refractivity contribution is -0.140. The van der Waals surface area contributed by atoms with Crippen molar-refractivity contribution in [2.45, 2.75) is 40.7 Å². The summed E-state index contributed by atoms with van der Waals surface area (Å²) in [6.45, 7) is 10.3. The van der Waals surface area contributed by atoms with Gasteiger partial charge in [-0.25, -0.2) is 9.59 Å². The first-order valence-corrected chi connectivity index (χ1v) is 15.3. The summed E-state index contributed by atoms with van der Waals surface area (Å²) in [5, 5.41) is 46.1. The Labute approximate surface area is 290 Å². The van der Waals surface area contributed by atoms with Crippen LogP contribution in [-0.2, 0) is 27.4 Å². The van der Waals surface area contributed by atoms with E-state index in [0.717, 1.165) is 22.6 Å². The van der Waals surface area contributed by atoms with E-state index in [1.54, 1.807) is 100 Å². The van der Waals surface area contributed by atoms with Crippen LogP contribution in [0.5, 0.6) is 23.0 Å². The molecule has 0 spiro atoms. The molecule has 4 aromatic carbocycles. The number of aromatic hydroxyl groups is 2. The molecule has 4 aromatic rings. The molecule has 0 unspecified atom stereocenters. The predicted molar refractivity (Wildman–Crippen MR) is 190 cm³/mol. The van der Waals surface area contributed by atoms with Crippen molar-refractivity contribution in [3.8, 4) is 23.0 Å². The summed E-state index contributed by atoms with van der Waals surface area (Å²) in [5.74, 6) is -0.122. The fourth-order valence-corrected chi connectivity index (χ4v) is 4.22. The van der Waals surface area contributed by atoms with Gasteiger partial charge in [0.15, 0.2) is 0 Å². The zero-order valence-corrected chi connectivity index (χ0v) is 28.8. The Hall–Kier alpha value is -6.30. The highest BCUT2D eigenvalue weighted by molar-refractivity contribution is 5.87. The summed E-state index contributed by atoms with van der Waals surface area (Å²) in [7, 11) is 3.17. The van der Waals surface area contributed by atoms with Crippen LogP contribution in [0.3, 0.4) is 0 Å². The molecule has 0 aromatic heterocycles. The Kier molecular flexibility index (Phi) is 14.0. The number of hydrogen-bond donors (Lipinski definition) is 3. The molecule has 260 valence electrons.